The minimum absolute atomic E-state index is 0.130. The predicted molar refractivity (Wildman–Crippen MR) is 75.0 cm³/mol. The molecule has 0 amide bonds. The number of rotatable bonds is 1. The topological polar surface area (TPSA) is 84.3 Å². The molecule has 0 spiro atoms. The number of nitrogens with two attached hydrogens (primary N) is 2. The van der Waals surface area contributed by atoms with Gasteiger partial charge >= 0.3 is 0 Å². The number of hydrogen-bond donors (Lipinski definition) is 4. The first-order valence-corrected chi connectivity index (χ1v) is 6.38. The van der Waals surface area contributed by atoms with E-state index in [9.17, 15) is 5.11 Å². The van der Waals surface area contributed by atoms with Crippen molar-refractivity contribution in [2.24, 2.45) is 0 Å². The molecule has 0 atom stereocenters. The van der Waals surface area contributed by atoms with Crippen molar-refractivity contribution in [1.82, 2.24) is 0 Å². The van der Waals surface area contributed by atoms with Crippen LogP contribution in [0.15, 0.2) is 40.1 Å². The van der Waals surface area contributed by atoms with Crippen molar-refractivity contribution in [3.05, 3.63) is 35.9 Å². The molecule has 0 unspecified atom stereocenters. The highest BCUT2D eigenvalue weighted by molar-refractivity contribution is 7.99. The molecule has 0 fully saturated rings. The highest BCUT2D eigenvalue weighted by Crippen LogP contribution is 2.48. The van der Waals surface area contributed by atoms with Crippen LogP contribution >= 0.6 is 11.8 Å². The molecule has 2 aromatic carbocycles. The maximum atomic E-state index is 9.46. The van der Waals surface area contributed by atoms with Gasteiger partial charge in [-0.2, -0.15) is 0 Å². The van der Waals surface area contributed by atoms with Crippen LogP contribution in [0, 0.1) is 0 Å². The summed E-state index contributed by atoms with van der Waals surface area (Å²) in [4.78, 5) is 2.13. The average molecular weight is 259 g/mol. The Labute approximate surface area is 109 Å². The largest absolute Gasteiger partial charge is 0.397 e. The van der Waals surface area contributed by atoms with E-state index in [0.717, 1.165) is 21.2 Å². The number of para-hydroxylation sites is 1. The molecule has 18 heavy (non-hydrogen) atoms. The van der Waals surface area contributed by atoms with E-state index in [1.807, 2.05) is 30.3 Å². The number of aliphatic hydroxyl groups is 1. The molecule has 5 heteroatoms. The fraction of sp³-hybridized carbons (Fsp3) is 0.0769. The summed E-state index contributed by atoms with van der Waals surface area (Å²) in [7, 11) is 0. The lowest BCUT2D eigenvalue weighted by Crippen LogP contribution is -2.08. The first-order valence-electron chi connectivity index (χ1n) is 5.56. The zero-order chi connectivity index (χ0) is 12.7. The van der Waals surface area contributed by atoms with Crippen LogP contribution in [0.25, 0.3) is 0 Å². The second-order valence-electron chi connectivity index (χ2n) is 4.11. The fourth-order valence-electron chi connectivity index (χ4n) is 2.04. The molecule has 0 radical (unpaired) electrons. The molecule has 1 aliphatic rings. The van der Waals surface area contributed by atoms with Crippen LogP contribution in [-0.2, 0) is 6.61 Å². The van der Waals surface area contributed by atoms with Gasteiger partial charge in [0.05, 0.1) is 29.4 Å². The minimum Gasteiger partial charge on any atom is -0.397 e. The van der Waals surface area contributed by atoms with E-state index < -0.39 is 0 Å². The lowest BCUT2D eigenvalue weighted by molar-refractivity contribution is 0.283. The van der Waals surface area contributed by atoms with Crippen LogP contribution in [0.5, 0.6) is 0 Å². The van der Waals surface area contributed by atoms with E-state index in [4.69, 9.17) is 11.5 Å². The van der Waals surface area contributed by atoms with Crippen molar-refractivity contribution in [3.63, 3.8) is 0 Å². The second-order valence-corrected chi connectivity index (χ2v) is 5.20. The molecule has 0 aliphatic carbocycles. The molecule has 0 aromatic heterocycles. The third-order valence-electron chi connectivity index (χ3n) is 3.00. The summed E-state index contributed by atoms with van der Waals surface area (Å²) in [5.74, 6) is 0. The van der Waals surface area contributed by atoms with Gasteiger partial charge in [-0.3, -0.25) is 0 Å². The van der Waals surface area contributed by atoms with Crippen molar-refractivity contribution < 1.29 is 5.11 Å². The van der Waals surface area contributed by atoms with Crippen LogP contribution < -0.4 is 16.8 Å². The van der Waals surface area contributed by atoms with Gasteiger partial charge in [0, 0.05) is 15.4 Å². The van der Waals surface area contributed by atoms with Crippen molar-refractivity contribution in [1.29, 1.82) is 0 Å². The molecule has 6 N–H and O–H groups in total. The maximum absolute atomic E-state index is 9.46. The van der Waals surface area contributed by atoms with E-state index in [1.165, 1.54) is 0 Å². The van der Waals surface area contributed by atoms with Gasteiger partial charge in [-0.25, -0.2) is 0 Å². The van der Waals surface area contributed by atoms with E-state index in [2.05, 4.69) is 5.32 Å². The lowest BCUT2D eigenvalue weighted by atomic mass is 10.1. The summed E-state index contributed by atoms with van der Waals surface area (Å²) < 4.78 is 0. The minimum atomic E-state index is -0.130. The lowest BCUT2D eigenvalue weighted by Gasteiger charge is -2.24. The molecule has 0 saturated heterocycles. The zero-order valence-electron chi connectivity index (χ0n) is 9.60. The first kappa shape index (κ1) is 11.3. The highest BCUT2D eigenvalue weighted by Gasteiger charge is 2.21. The molecule has 0 saturated carbocycles. The first-order chi connectivity index (χ1) is 8.70. The highest BCUT2D eigenvalue weighted by atomic mass is 32.2. The monoisotopic (exact) mass is 259 g/mol. The van der Waals surface area contributed by atoms with Crippen LogP contribution in [0.1, 0.15) is 5.56 Å². The standard InChI is InChI=1S/C13H13N3OS/c14-8-5-11-13(7(6-17)12(8)15)16-9-3-1-2-4-10(9)18-11/h1-5,16-17H,6,14-15H2. The maximum Gasteiger partial charge on any atom is 0.0723 e. The molecule has 3 rings (SSSR count). The van der Waals surface area contributed by atoms with Gasteiger partial charge in [0.1, 0.15) is 0 Å². The summed E-state index contributed by atoms with van der Waals surface area (Å²) in [5, 5.41) is 12.8. The number of benzene rings is 2. The van der Waals surface area contributed by atoms with Gasteiger partial charge in [0.25, 0.3) is 0 Å². The SMILES string of the molecule is Nc1cc2c(c(CO)c1N)Nc1ccccc1S2. The van der Waals surface area contributed by atoms with Gasteiger partial charge in [-0.05, 0) is 18.2 Å². The number of aliphatic hydroxyl groups excluding tert-OH is 1. The van der Waals surface area contributed by atoms with Crippen molar-refractivity contribution in [2.45, 2.75) is 16.4 Å². The molecule has 4 nitrogen and oxygen atoms in total. The normalized spacial score (nSPS) is 12.5. The van der Waals surface area contributed by atoms with Gasteiger partial charge in [0.15, 0.2) is 0 Å². The number of fused-ring (bicyclic) bond motifs is 2. The summed E-state index contributed by atoms with van der Waals surface area (Å²) >= 11 is 1.63. The molecular weight excluding hydrogens is 246 g/mol. The summed E-state index contributed by atoms with van der Waals surface area (Å²) in [6.07, 6.45) is 0. The molecule has 1 heterocycles. The second kappa shape index (κ2) is 4.12. The Kier molecular flexibility index (Phi) is 2.57. The Morgan fingerprint density at radius 1 is 1.17 bits per heavy atom. The summed E-state index contributed by atoms with van der Waals surface area (Å²) in [6.45, 7) is -0.130. The average Bonchev–Trinajstić information content (AvgIpc) is 2.38. The summed E-state index contributed by atoms with van der Waals surface area (Å²) in [5.41, 5.74) is 15.3. The molecular formula is C13H13N3OS. The van der Waals surface area contributed by atoms with Gasteiger partial charge in [-0.15, -0.1) is 0 Å². The number of anilines is 4. The van der Waals surface area contributed by atoms with Crippen LogP contribution in [0.4, 0.5) is 22.7 Å². The number of hydrogen-bond acceptors (Lipinski definition) is 5. The van der Waals surface area contributed by atoms with Crippen molar-refractivity contribution in [3.8, 4) is 0 Å². The smallest absolute Gasteiger partial charge is 0.0723 e. The Balaban J connectivity index is 2.18. The zero-order valence-corrected chi connectivity index (χ0v) is 10.4. The van der Waals surface area contributed by atoms with Gasteiger partial charge in [-0.1, -0.05) is 23.9 Å². The predicted octanol–water partition coefficient (Wildman–Crippen LogP) is 2.55. The van der Waals surface area contributed by atoms with E-state index in [-0.39, 0.29) is 6.61 Å². The van der Waals surface area contributed by atoms with Crippen LogP contribution in [0.3, 0.4) is 0 Å². The quantitative estimate of drug-likeness (QED) is 0.505. The Hall–Kier alpha value is -1.85. The van der Waals surface area contributed by atoms with Gasteiger partial charge in [0.2, 0.25) is 0 Å². The number of nitrogen functional groups attached to an aromatic ring is 2. The van der Waals surface area contributed by atoms with Gasteiger partial charge < -0.3 is 21.9 Å². The Morgan fingerprint density at radius 2 is 1.94 bits per heavy atom. The molecule has 92 valence electrons. The van der Waals surface area contributed by atoms with E-state index >= 15 is 0 Å². The third kappa shape index (κ3) is 1.60. The van der Waals surface area contributed by atoms with Crippen LogP contribution in [-0.4, -0.2) is 5.11 Å². The Morgan fingerprint density at radius 3 is 2.72 bits per heavy atom. The summed E-state index contributed by atoms with van der Waals surface area (Å²) in [6, 6.07) is 9.85. The Bertz CT molecular complexity index is 628. The van der Waals surface area contributed by atoms with Crippen LogP contribution in [0.2, 0.25) is 0 Å². The van der Waals surface area contributed by atoms with Crippen molar-refractivity contribution >= 4 is 34.5 Å². The van der Waals surface area contributed by atoms with E-state index in [1.54, 1.807) is 11.8 Å². The molecule has 0 bridgehead atoms. The number of nitrogens with one attached hydrogen (secondary N) is 1. The van der Waals surface area contributed by atoms with E-state index in [0.29, 0.717) is 16.9 Å². The fourth-order valence-corrected chi connectivity index (χ4v) is 3.12. The molecule has 1 aliphatic heterocycles. The molecule has 2 aromatic rings. The van der Waals surface area contributed by atoms with Crippen molar-refractivity contribution in [2.75, 3.05) is 16.8 Å². The third-order valence-corrected chi connectivity index (χ3v) is 4.11.